The Morgan fingerprint density at radius 3 is 2.05 bits per heavy atom. The third-order valence-electron chi connectivity index (χ3n) is 2.62. The van der Waals surface area contributed by atoms with E-state index in [1.165, 1.54) is 0 Å². The molecule has 0 saturated heterocycles. The summed E-state index contributed by atoms with van der Waals surface area (Å²) in [4.78, 5) is 12.7. The summed E-state index contributed by atoms with van der Waals surface area (Å²) in [5.74, 6) is 0.728. The number of rotatable bonds is 4. The van der Waals surface area contributed by atoms with Gasteiger partial charge in [0.05, 0.1) is 7.11 Å². The van der Waals surface area contributed by atoms with Crippen molar-refractivity contribution in [3.63, 3.8) is 0 Å². The third kappa shape index (κ3) is 4.44. The van der Waals surface area contributed by atoms with Crippen LogP contribution in [0.25, 0.3) is 0 Å². The smallest absolute Gasteiger partial charge is 0.323 e. The fourth-order valence-electron chi connectivity index (χ4n) is 1.63. The highest BCUT2D eigenvalue weighted by molar-refractivity contribution is 8.03. The highest BCUT2D eigenvalue weighted by Gasteiger charge is 2.03. The Hall–Kier alpha value is -2.65. The van der Waals surface area contributed by atoms with E-state index in [-0.39, 0.29) is 6.03 Å². The van der Waals surface area contributed by atoms with Gasteiger partial charge in [0.2, 0.25) is 0 Å². The van der Waals surface area contributed by atoms with E-state index in [2.05, 4.69) is 10.6 Å². The average Bonchev–Trinajstić information content (AvgIpc) is 2.50. The second-order valence-corrected chi connectivity index (χ2v) is 4.88. The molecule has 2 N–H and O–H groups in total. The Labute approximate surface area is 126 Å². The molecule has 0 bridgehead atoms. The summed E-state index contributed by atoms with van der Waals surface area (Å²) in [6.45, 7) is 0. The van der Waals surface area contributed by atoms with Crippen LogP contribution in [0.3, 0.4) is 0 Å². The lowest BCUT2D eigenvalue weighted by atomic mass is 10.3. The molecule has 2 rings (SSSR count). The second-order valence-electron chi connectivity index (χ2n) is 4.03. The standard InChI is InChI=1S/C15H13N3O2S/c1-20-13-6-2-11(3-7-13)17-15(19)18-12-4-8-14(9-5-12)21-10-16/h2-9H,1H3,(H2,17,18,19). The number of carbonyl (C=O) groups excluding carboxylic acids is 1. The molecule has 21 heavy (non-hydrogen) atoms. The Bertz CT molecular complexity index is 648. The Morgan fingerprint density at radius 1 is 1.05 bits per heavy atom. The van der Waals surface area contributed by atoms with Gasteiger partial charge in [-0.05, 0) is 60.3 Å². The summed E-state index contributed by atoms with van der Waals surface area (Å²) >= 11 is 1.07. The number of nitrogens with zero attached hydrogens (tertiary/aromatic N) is 1. The molecule has 0 atom stereocenters. The second kappa shape index (κ2) is 7.22. The van der Waals surface area contributed by atoms with Crippen LogP contribution >= 0.6 is 11.8 Å². The zero-order valence-corrected chi connectivity index (χ0v) is 12.1. The number of ether oxygens (including phenoxy) is 1. The Morgan fingerprint density at radius 2 is 1.57 bits per heavy atom. The van der Waals surface area contributed by atoms with Crippen molar-refractivity contribution >= 4 is 29.2 Å². The summed E-state index contributed by atoms with van der Waals surface area (Å²) in [6, 6.07) is 13.7. The highest BCUT2D eigenvalue weighted by atomic mass is 32.2. The SMILES string of the molecule is COc1ccc(NC(=O)Nc2ccc(SC#N)cc2)cc1. The molecule has 2 amide bonds. The number of thiocyanates is 1. The molecule has 106 valence electrons. The molecular weight excluding hydrogens is 286 g/mol. The van der Waals surface area contributed by atoms with E-state index in [1.807, 2.05) is 5.40 Å². The number of nitriles is 1. The third-order valence-corrected chi connectivity index (χ3v) is 3.22. The number of urea groups is 1. The van der Waals surface area contributed by atoms with E-state index < -0.39 is 0 Å². The van der Waals surface area contributed by atoms with Gasteiger partial charge in [0.1, 0.15) is 11.2 Å². The van der Waals surface area contributed by atoms with Crippen LogP contribution in [0.15, 0.2) is 53.4 Å². The van der Waals surface area contributed by atoms with Crippen LogP contribution in [0, 0.1) is 10.7 Å². The molecule has 2 aromatic carbocycles. The van der Waals surface area contributed by atoms with Gasteiger partial charge < -0.3 is 15.4 Å². The van der Waals surface area contributed by atoms with Gasteiger partial charge in [0.25, 0.3) is 0 Å². The first kappa shape index (κ1) is 14.8. The van der Waals surface area contributed by atoms with Crippen molar-refractivity contribution < 1.29 is 9.53 Å². The summed E-state index contributed by atoms with van der Waals surface area (Å²) in [5, 5.41) is 16.0. The zero-order chi connectivity index (χ0) is 15.1. The Kier molecular flexibility index (Phi) is 5.07. The first-order chi connectivity index (χ1) is 10.2. The molecule has 0 aliphatic heterocycles. The van der Waals surface area contributed by atoms with Crippen molar-refractivity contribution in [2.45, 2.75) is 4.90 Å². The topological polar surface area (TPSA) is 74.2 Å². The van der Waals surface area contributed by atoms with E-state index in [0.717, 1.165) is 22.4 Å². The van der Waals surface area contributed by atoms with Gasteiger partial charge in [-0.25, -0.2) is 4.79 Å². The number of carbonyl (C=O) groups is 1. The summed E-state index contributed by atoms with van der Waals surface area (Å²) in [6.07, 6.45) is 0. The Balaban J connectivity index is 1.93. The molecule has 0 unspecified atom stereocenters. The molecule has 0 aliphatic rings. The van der Waals surface area contributed by atoms with Crippen LogP contribution in [0.4, 0.5) is 16.2 Å². The number of methoxy groups -OCH3 is 1. The summed E-state index contributed by atoms with van der Waals surface area (Å²) < 4.78 is 5.05. The van der Waals surface area contributed by atoms with Crippen LogP contribution in [0.2, 0.25) is 0 Å². The van der Waals surface area contributed by atoms with Crippen LogP contribution in [0.5, 0.6) is 5.75 Å². The minimum absolute atomic E-state index is 0.333. The van der Waals surface area contributed by atoms with E-state index in [4.69, 9.17) is 10.00 Å². The van der Waals surface area contributed by atoms with Gasteiger partial charge in [-0.1, -0.05) is 0 Å². The van der Waals surface area contributed by atoms with E-state index >= 15 is 0 Å². The van der Waals surface area contributed by atoms with Crippen molar-refractivity contribution in [3.8, 4) is 11.2 Å². The molecule has 0 spiro atoms. The highest BCUT2D eigenvalue weighted by Crippen LogP contribution is 2.19. The van der Waals surface area contributed by atoms with Crippen molar-refractivity contribution in [2.24, 2.45) is 0 Å². The lowest BCUT2D eigenvalue weighted by molar-refractivity contribution is 0.262. The van der Waals surface area contributed by atoms with Gasteiger partial charge in [-0.15, -0.1) is 0 Å². The number of anilines is 2. The maximum atomic E-state index is 11.8. The predicted octanol–water partition coefficient (Wildman–Crippen LogP) is 3.91. The monoisotopic (exact) mass is 299 g/mol. The van der Waals surface area contributed by atoms with Crippen molar-refractivity contribution in [2.75, 3.05) is 17.7 Å². The van der Waals surface area contributed by atoms with Crippen molar-refractivity contribution in [1.82, 2.24) is 0 Å². The number of benzene rings is 2. The molecule has 0 heterocycles. The molecular formula is C15H13N3O2S. The molecule has 5 nitrogen and oxygen atoms in total. The largest absolute Gasteiger partial charge is 0.497 e. The van der Waals surface area contributed by atoms with Gasteiger partial charge in [-0.3, -0.25) is 0 Å². The fourth-order valence-corrected chi connectivity index (χ4v) is 2.00. The van der Waals surface area contributed by atoms with Crippen LogP contribution in [-0.2, 0) is 0 Å². The number of hydrogen-bond donors (Lipinski definition) is 2. The first-order valence-electron chi connectivity index (χ1n) is 6.09. The lowest BCUT2D eigenvalue weighted by Crippen LogP contribution is -2.19. The van der Waals surface area contributed by atoms with Gasteiger partial charge in [0, 0.05) is 16.3 Å². The summed E-state index contributed by atoms with van der Waals surface area (Å²) in [5.41, 5.74) is 1.33. The molecule has 0 fully saturated rings. The molecule has 0 saturated carbocycles. The normalized spacial score (nSPS) is 9.52. The maximum absolute atomic E-state index is 11.8. The van der Waals surface area contributed by atoms with Crippen molar-refractivity contribution in [1.29, 1.82) is 5.26 Å². The number of amides is 2. The van der Waals surface area contributed by atoms with Gasteiger partial charge in [-0.2, -0.15) is 5.26 Å². The molecule has 2 aromatic rings. The van der Waals surface area contributed by atoms with E-state index in [0.29, 0.717) is 11.4 Å². The zero-order valence-electron chi connectivity index (χ0n) is 11.3. The number of nitrogens with one attached hydrogen (secondary N) is 2. The fraction of sp³-hybridized carbons (Fsp3) is 0.0667. The van der Waals surface area contributed by atoms with E-state index in [1.54, 1.807) is 55.6 Å². The van der Waals surface area contributed by atoms with Crippen LogP contribution in [0.1, 0.15) is 0 Å². The van der Waals surface area contributed by atoms with E-state index in [9.17, 15) is 4.79 Å². The molecule has 0 radical (unpaired) electrons. The minimum Gasteiger partial charge on any atom is -0.497 e. The summed E-state index contributed by atoms with van der Waals surface area (Å²) in [7, 11) is 1.59. The minimum atomic E-state index is -0.333. The van der Waals surface area contributed by atoms with Gasteiger partial charge >= 0.3 is 6.03 Å². The molecule has 6 heteroatoms. The van der Waals surface area contributed by atoms with Crippen LogP contribution in [-0.4, -0.2) is 13.1 Å². The first-order valence-corrected chi connectivity index (χ1v) is 6.91. The number of thioether (sulfide) groups is 1. The van der Waals surface area contributed by atoms with Crippen LogP contribution < -0.4 is 15.4 Å². The molecule has 0 aliphatic carbocycles. The molecule has 0 aromatic heterocycles. The van der Waals surface area contributed by atoms with Gasteiger partial charge in [0.15, 0.2) is 0 Å². The predicted molar refractivity (Wildman–Crippen MR) is 83.5 cm³/mol. The maximum Gasteiger partial charge on any atom is 0.323 e. The lowest BCUT2D eigenvalue weighted by Gasteiger charge is -2.08. The van der Waals surface area contributed by atoms with Crippen molar-refractivity contribution in [3.05, 3.63) is 48.5 Å². The quantitative estimate of drug-likeness (QED) is 0.663. The number of hydrogen-bond acceptors (Lipinski definition) is 4. The average molecular weight is 299 g/mol.